The number of amides is 1. The van der Waals surface area contributed by atoms with Gasteiger partial charge in [0.25, 0.3) is 6.01 Å². The molecule has 4 rings (SSSR count). The van der Waals surface area contributed by atoms with E-state index in [9.17, 15) is 19.1 Å². The van der Waals surface area contributed by atoms with Crippen LogP contribution in [-0.4, -0.2) is 27.7 Å². The average molecular weight is 610 g/mol. The van der Waals surface area contributed by atoms with Crippen molar-refractivity contribution in [3.8, 4) is 11.3 Å². The Bertz CT molecular complexity index is 1510. The van der Waals surface area contributed by atoms with Crippen LogP contribution in [0.15, 0.2) is 83.3 Å². The van der Waals surface area contributed by atoms with Crippen LogP contribution in [0.4, 0.5) is 11.7 Å². The zero-order chi connectivity index (χ0) is 30.3. The number of aryl methyl sites for hydroxylation is 1. The van der Waals surface area contributed by atoms with Gasteiger partial charge in [-0.15, -0.1) is 0 Å². The van der Waals surface area contributed by atoms with Crippen molar-refractivity contribution in [2.24, 2.45) is 0 Å². The number of nitrogens with zero attached hydrogens (tertiary/aromatic N) is 2. The molecule has 1 heterocycles. The van der Waals surface area contributed by atoms with Crippen molar-refractivity contribution < 1.29 is 23.6 Å². The highest BCUT2D eigenvalue weighted by molar-refractivity contribution is 7.53. The van der Waals surface area contributed by atoms with Crippen molar-refractivity contribution in [3.63, 3.8) is 0 Å². The monoisotopic (exact) mass is 609 g/mol. The van der Waals surface area contributed by atoms with Crippen LogP contribution in [0.3, 0.4) is 0 Å². The predicted octanol–water partition coefficient (Wildman–Crippen LogP) is 7.79. The number of anilines is 2. The first-order valence-electron chi connectivity index (χ1n) is 14.0. The van der Waals surface area contributed by atoms with E-state index in [1.165, 1.54) is 0 Å². The molecule has 0 aliphatic heterocycles. The molecule has 0 aliphatic carbocycles. The van der Waals surface area contributed by atoms with Crippen LogP contribution in [-0.2, 0) is 27.5 Å². The lowest BCUT2D eigenvalue weighted by atomic mass is 9.92. The minimum atomic E-state index is -4.38. The van der Waals surface area contributed by atoms with E-state index in [4.69, 9.17) is 21.0 Å². The highest BCUT2D eigenvalue weighted by Crippen LogP contribution is 2.60. The largest absolute Gasteiger partial charge is 0.428 e. The van der Waals surface area contributed by atoms with E-state index in [1.54, 1.807) is 38.1 Å². The molecule has 0 saturated carbocycles. The highest BCUT2D eigenvalue weighted by atomic mass is 35.5. The average Bonchev–Trinajstić information content (AvgIpc) is 3.39. The number of oxazole rings is 1. The molecule has 222 valence electrons. The molecule has 0 saturated heterocycles. The molecule has 0 atom stereocenters. The first kappa shape index (κ1) is 31.5. The molecule has 0 fully saturated rings. The summed E-state index contributed by atoms with van der Waals surface area (Å²) in [5, 5.41) is 2.28. The molecule has 0 bridgehead atoms. The molecule has 0 aliphatic rings. The van der Waals surface area contributed by atoms with Crippen LogP contribution in [0.25, 0.3) is 11.3 Å². The number of benzene rings is 3. The van der Waals surface area contributed by atoms with Gasteiger partial charge in [-0.1, -0.05) is 80.0 Å². The number of hydrogen-bond donors (Lipinski definition) is 3. The van der Waals surface area contributed by atoms with Crippen LogP contribution in [0.1, 0.15) is 56.4 Å². The Kier molecular flexibility index (Phi) is 10.3. The van der Waals surface area contributed by atoms with Gasteiger partial charge in [0.2, 0.25) is 5.91 Å². The van der Waals surface area contributed by atoms with E-state index >= 15 is 0 Å². The zero-order valence-corrected chi connectivity index (χ0v) is 25.7. The van der Waals surface area contributed by atoms with Gasteiger partial charge in [-0.05, 0) is 54.7 Å². The van der Waals surface area contributed by atoms with Gasteiger partial charge in [0, 0.05) is 42.7 Å². The maximum Gasteiger partial charge on any atom is 0.335 e. The van der Waals surface area contributed by atoms with Crippen molar-refractivity contribution in [3.05, 3.63) is 101 Å². The second-order valence-corrected chi connectivity index (χ2v) is 12.8. The Hall–Kier alpha value is -3.42. The van der Waals surface area contributed by atoms with Crippen LogP contribution in [0, 0.1) is 0 Å². The van der Waals surface area contributed by atoms with E-state index in [0.29, 0.717) is 60.3 Å². The molecule has 3 N–H and O–H groups in total. The minimum absolute atomic E-state index is 0.163. The summed E-state index contributed by atoms with van der Waals surface area (Å²) in [6.45, 7) is 4.18. The third kappa shape index (κ3) is 7.31. The number of aromatic nitrogens is 1. The first-order chi connectivity index (χ1) is 20.1. The summed E-state index contributed by atoms with van der Waals surface area (Å²) < 4.78 is 18.5. The van der Waals surface area contributed by atoms with Gasteiger partial charge in [-0.2, -0.15) is 4.98 Å². The van der Waals surface area contributed by atoms with Gasteiger partial charge < -0.3 is 24.4 Å². The molecule has 42 heavy (non-hydrogen) atoms. The van der Waals surface area contributed by atoms with E-state index < -0.39 is 12.8 Å². The zero-order valence-electron chi connectivity index (χ0n) is 24.1. The summed E-state index contributed by atoms with van der Waals surface area (Å²) in [5.74, 6) is 0.529. The second kappa shape index (κ2) is 13.7. The molecule has 0 radical (unpaired) electrons. The fourth-order valence-corrected chi connectivity index (χ4v) is 6.60. The Morgan fingerprint density at radius 3 is 2.24 bits per heavy atom. The predicted molar refractivity (Wildman–Crippen MR) is 168 cm³/mol. The molecule has 8 nitrogen and oxygen atoms in total. The molecule has 1 aromatic heterocycles. The normalized spacial score (nSPS) is 11.9. The summed E-state index contributed by atoms with van der Waals surface area (Å²) in [4.78, 5) is 39.5. The summed E-state index contributed by atoms with van der Waals surface area (Å²) in [7, 11) is -2.45. The quantitative estimate of drug-likeness (QED) is 0.133. The Balaban J connectivity index is 1.42. The molecule has 0 unspecified atom stereocenters. The lowest BCUT2D eigenvalue weighted by Crippen LogP contribution is -2.24. The molecular weight excluding hydrogens is 573 g/mol. The Labute approximate surface area is 251 Å². The van der Waals surface area contributed by atoms with E-state index in [-0.39, 0.29) is 12.3 Å². The summed E-state index contributed by atoms with van der Waals surface area (Å²) >= 11 is 6.10. The van der Waals surface area contributed by atoms with E-state index in [0.717, 1.165) is 16.8 Å². The number of hydrogen-bond acceptors (Lipinski definition) is 5. The van der Waals surface area contributed by atoms with Crippen LogP contribution >= 0.6 is 19.2 Å². The lowest BCUT2D eigenvalue weighted by Gasteiger charge is -2.33. The van der Waals surface area contributed by atoms with Crippen LogP contribution < -0.4 is 10.2 Å². The van der Waals surface area contributed by atoms with Gasteiger partial charge in [0.05, 0.1) is 5.16 Å². The van der Waals surface area contributed by atoms with Crippen molar-refractivity contribution in [1.82, 2.24) is 4.98 Å². The van der Waals surface area contributed by atoms with Gasteiger partial charge in [-0.3, -0.25) is 9.36 Å². The smallest absolute Gasteiger partial charge is 0.335 e. The van der Waals surface area contributed by atoms with Crippen molar-refractivity contribution in [1.29, 1.82) is 0 Å². The molecular formula is C32H37ClN3O5P. The van der Waals surface area contributed by atoms with Crippen molar-refractivity contribution in [2.75, 3.05) is 17.3 Å². The van der Waals surface area contributed by atoms with Crippen molar-refractivity contribution in [2.45, 2.75) is 57.7 Å². The van der Waals surface area contributed by atoms with Crippen LogP contribution in [0.5, 0.6) is 0 Å². The highest BCUT2D eigenvalue weighted by Gasteiger charge is 2.45. The standard InChI is InChI=1S/C32H37ClN3O5P/c1-4-32(5-2,42(38,39)40)25-16-20-27(21-17-25)34-29(37)13-9-12-28-30(24-14-18-26(33)19-15-24)35-31(41-28)36(3)22-23-10-7-6-8-11-23/h6-8,10-11,14-21H,4-5,9,12-13,22H2,1-3H3,(H,34,37)(H2,38,39,40). The van der Waals surface area contributed by atoms with Gasteiger partial charge in [0.1, 0.15) is 11.5 Å². The summed E-state index contributed by atoms with van der Waals surface area (Å²) in [5.41, 5.74) is 3.87. The fraction of sp³-hybridized carbons (Fsp3) is 0.312. The van der Waals surface area contributed by atoms with Gasteiger partial charge in [-0.25, -0.2) is 0 Å². The van der Waals surface area contributed by atoms with E-state index in [2.05, 4.69) is 5.32 Å². The maximum atomic E-state index is 12.8. The molecule has 4 aromatic rings. The number of carbonyl (C=O) groups is 1. The Morgan fingerprint density at radius 2 is 1.64 bits per heavy atom. The third-order valence-electron chi connectivity index (χ3n) is 7.63. The number of rotatable bonds is 13. The van der Waals surface area contributed by atoms with Gasteiger partial charge >= 0.3 is 7.60 Å². The van der Waals surface area contributed by atoms with Gasteiger partial charge in [0.15, 0.2) is 0 Å². The molecule has 3 aromatic carbocycles. The lowest BCUT2D eigenvalue weighted by molar-refractivity contribution is -0.116. The minimum Gasteiger partial charge on any atom is -0.428 e. The molecule has 1 amide bonds. The third-order valence-corrected chi connectivity index (χ3v) is 9.89. The molecule has 10 heteroatoms. The first-order valence-corrected chi connectivity index (χ1v) is 16.0. The second-order valence-electron chi connectivity index (χ2n) is 10.4. The SMILES string of the molecule is CCC(CC)(c1ccc(NC(=O)CCCc2oc(N(C)Cc3ccccc3)nc2-c2ccc(Cl)cc2)cc1)P(=O)(O)O. The Morgan fingerprint density at radius 1 is 1.00 bits per heavy atom. The van der Waals surface area contributed by atoms with Crippen molar-refractivity contribution >= 4 is 36.8 Å². The number of halogens is 1. The summed E-state index contributed by atoms with van der Waals surface area (Å²) in [6.07, 6.45) is 1.92. The molecule has 0 spiro atoms. The van der Waals surface area contributed by atoms with E-state index in [1.807, 2.05) is 66.5 Å². The topological polar surface area (TPSA) is 116 Å². The maximum absolute atomic E-state index is 12.8. The number of nitrogens with one attached hydrogen (secondary N) is 1. The summed E-state index contributed by atoms with van der Waals surface area (Å²) in [6, 6.07) is 24.7. The number of carbonyl (C=O) groups excluding carboxylic acids is 1. The fourth-order valence-electron chi connectivity index (χ4n) is 5.17. The van der Waals surface area contributed by atoms with Crippen LogP contribution in [0.2, 0.25) is 5.02 Å².